The molecular formula is C44H41IrN3OSi-2. The van der Waals surface area contributed by atoms with Crippen molar-refractivity contribution < 1.29 is 24.5 Å². The molecule has 0 aliphatic carbocycles. The fourth-order valence-electron chi connectivity index (χ4n) is 6.07. The van der Waals surface area contributed by atoms with Gasteiger partial charge in [-0.05, 0) is 65.2 Å². The molecule has 4 aromatic carbocycles. The molecule has 50 heavy (non-hydrogen) atoms. The smallest absolute Gasteiger partial charge is 0.122 e. The molecule has 0 amide bonds. The zero-order chi connectivity index (χ0) is 34.7. The van der Waals surface area contributed by atoms with Crippen molar-refractivity contribution in [2.75, 3.05) is 0 Å². The van der Waals surface area contributed by atoms with E-state index in [0.717, 1.165) is 45.3 Å². The van der Waals surface area contributed by atoms with Crippen LogP contribution in [-0.4, -0.2) is 18.0 Å². The second-order valence-electron chi connectivity index (χ2n) is 14.1. The normalized spacial score (nSPS) is 11.2. The van der Waals surface area contributed by atoms with Crippen LogP contribution in [0.1, 0.15) is 53.1 Å². The quantitative estimate of drug-likeness (QED) is 0.124. The van der Waals surface area contributed by atoms with Gasteiger partial charge in [-0.2, -0.15) is 5.26 Å². The second kappa shape index (κ2) is 15.5. The Morgan fingerprint density at radius 3 is 2.18 bits per heavy atom. The first-order chi connectivity index (χ1) is 23.5. The molecule has 0 aliphatic heterocycles. The Morgan fingerprint density at radius 2 is 1.50 bits per heavy atom. The topological polar surface area (TPSA) is 62.7 Å². The minimum atomic E-state index is -1.35. The number of rotatable bonds is 6. The van der Waals surface area contributed by atoms with Gasteiger partial charge in [0, 0.05) is 37.9 Å². The third kappa shape index (κ3) is 8.20. The molecule has 1 radical (unpaired) electrons. The van der Waals surface area contributed by atoms with Crippen LogP contribution >= 0.6 is 0 Å². The van der Waals surface area contributed by atoms with Gasteiger partial charge in [-0.15, -0.1) is 59.2 Å². The summed E-state index contributed by atoms with van der Waals surface area (Å²) in [5, 5.41) is 12.7. The van der Waals surface area contributed by atoms with Crippen LogP contribution in [-0.2, 0) is 26.5 Å². The average Bonchev–Trinajstić information content (AvgIpc) is 3.48. The second-order valence-corrected chi connectivity index (χ2v) is 19.1. The summed E-state index contributed by atoms with van der Waals surface area (Å²) in [5.41, 5.74) is 12.3. The summed E-state index contributed by atoms with van der Waals surface area (Å²) in [7, 11) is -1.35. The molecule has 7 aromatic rings. The first kappa shape index (κ1) is 36.6. The van der Waals surface area contributed by atoms with Crippen molar-refractivity contribution in [3.8, 4) is 28.6 Å². The van der Waals surface area contributed by atoms with E-state index in [0.29, 0.717) is 17.1 Å². The summed E-state index contributed by atoms with van der Waals surface area (Å²) in [6.07, 6.45) is 4.79. The largest absolute Gasteiger partial charge is 0.500 e. The summed E-state index contributed by atoms with van der Waals surface area (Å²) < 4.78 is 5.90. The van der Waals surface area contributed by atoms with Gasteiger partial charge in [0.1, 0.15) is 5.58 Å². The maximum atomic E-state index is 9.48. The predicted octanol–water partition coefficient (Wildman–Crippen LogP) is 10.7. The van der Waals surface area contributed by atoms with Crippen molar-refractivity contribution >= 4 is 35.2 Å². The number of hydrogen-bond acceptors (Lipinski definition) is 4. The van der Waals surface area contributed by atoms with Gasteiger partial charge in [-0.25, -0.2) is 0 Å². The number of aromatic nitrogens is 2. The van der Waals surface area contributed by atoms with E-state index in [-0.39, 0.29) is 20.1 Å². The van der Waals surface area contributed by atoms with E-state index in [4.69, 9.17) is 9.40 Å². The third-order valence-corrected chi connectivity index (χ3v) is 10.8. The van der Waals surface area contributed by atoms with Gasteiger partial charge in [-0.3, -0.25) is 0 Å². The molecule has 6 heteroatoms. The maximum absolute atomic E-state index is 9.48. The van der Waals surface area contributed by atoms with Crippen LogP contribution < -0.4 is 5.19 Å². The van der Waals surface area contributed by atoms with Crippen molar-refractivity contribution in [3.63, 3.8) is 0 Å². The van der Waals surface area contributed by atoms with E-state index < -0.39 is 8.07 Å². The minimum absolute atomic E-state index is 0. The first-order valence-corrected chi connectivity index (χ1v) is 20.3. The number of aryl methyl sites for hydroxylation is 2. The predicted molar refractivity (Wildman–Crippen MR) is 205 cm³/mol. The Bertz CT molecular complexity index is 2290. The van der Waals surface area contributed by atoms with E-state index >= 15 is 0 Å². The first-order valence-electron chi connectivity index (χ1n) is 16.8. The van der Waals surface area contributed by atoms with Crippen LogP contribution in [0.5, 0.6) is 0 Å². The number of furan rings is 1. The van der Waals surface area contributed by atoms with Gasteiger partial charge >= 0.3 is 0 Å². The number of fused-ring (bicyclic) bond motifs is 3. The summed E-state index contributed by atoms with van der Waals surface area (Å²) in [5.74, 6) is 0.531. The van der Waals surface area contributed by atoms with Crippen LogP contribution in [0.15, 0.2) is 108 Å². The molecule has 7 rings (SSSR count). The van der Waals surface area contributed by atoms with Gasteiger partial charge in [-0.1, -0.05) is 99.4 Å². The molecule has 0 unspecified atom stereocenters. The molecule has 0 saturated carbocycles. The van der Waals surface area contributed by atoms with Gasteiger partial charge < -0.3 is 14.4 Å². The van der Waals surface area contributed by atoms with Crippen molar-refractivity contribution in [1.29, 1.82) is 5.26 Å². The van der Waals surface area contributed by atoms with Crippen LogP contribution in [0, 0.1) is 37.3 Å². The molecule has 253 valence electrons. The van der Waals surface area contributed by atoms with E-state index in [1.54, 1.807) is 0 Å². The Labute approximate surface area is 310 Å². The van der Waals surface area contributed by atoms with Crippen molar-refractivity contribution in [1.82, 2.24) is 9.97 Å². The minimum Gasteiger partial charge on any atom is -0.500 e. The average molecular weight is 848 g/mol. The fourth-order valence-corrected chi connectivity index (χ4v) is 7.75. The summed E-state index contributed by atoms with van der Waals surface area (Å²) in [6, 6.07) is 39.5. The molecular weight excluding hydrogens is 807 g/mol. The van der Waals surface area contributed by atoms with Crippen molar-refractivity contribution in [2.24, 2.45) is 0 Å². The molecule has 3 heterocycles. The summed E-state index contributed by atoms with van der Waals surface area (Å²) in [6.45, 7) is 15.9. The SMILES string of the molecule is Cc1c[c-]c(-c2cc(C(C)C)c([Si](C)(C)C)cn2)cc1.Cc1ccc(Cc2ccnc(-c3[c-]cc4oc5cccc(C#N)c5c4c3)c2)cc1.[Ir]. The Hall–Kier alpha value is -4.66. The van der Waals surface area contributed by atoms with Gasteiger partial charge in [0.25, 0.3) is 0 Å². The van der Waals surface area contributed by atoms with Crippen molar-refractivity contribution in [2.45, 2.75) is 59.7 Å². The number of nitrogens with zero attached hydrogens (tertiary/aromatic N) is 3. The summed E-state index contributed by atoms with van der Waals surface area (Å²) in [4.78, 5) is 9.24. The molecule has 3 aromatic heterocycles. The monoisotopic (exact) mass is 848 g/mol. The van der Waals surface area contributed by atoms with E-state index in [1.807, 2.05) is 48.7 Å². The number of pyridine rings is 2. The van der Waals surface area contributed by atoms with Gasteiger partial charge in [0.05, 0.1) is 25.3 Å². The molecule has 0 saturated heterocycles. The number of nitriles is 1. The zero-order valence-electron chi connectivity index (χ0n) is 29.7. The molecule has 0 spiro atoms. The Kier molecular flexibility index (Phi) is 11.3. The van der Waals surface area contributed by atoms with E-state index in [9.17, 15) is 5.26 Å². The molecule has 0 atom stereocenters. The van der Waals surface area contributed by atoms with Gasteiger partial charge in [0.15, 0.2) is 0 Å². The number of hydrogen-bond donors (Lipinski definition) is 0. The molecule has 0 N–H and O–H groups in total. The van der Waals surface area contributed by atoms with Crippen LogP contribution in [0.4, 0.5) is 0 Å². The maximum Gasteiger partial charge on any atom is 0.122 e. The standard InChI is InChI=1S/C26H17N2O.C18H24NSi.Ir/c1-17-5-7-18(8-6-17)13-19-11-12-28-23(14-19)20-9-10-24-22(15-20)26-21(16-27)3-2-4-25(26)29-24;1-13(2)16-11-17(15-9-7-14(3)8-10-15)19-12-18(16)20(4,5)6;/h2-8,10-12,14-15H,13H2,1H3;7-9,11-13H,1-6H3;/q2*-1;. The molecule has 0 fully saturated rings. The van der Waals surface area contributed by atoms with Crippen molar-refractivity contribution in [3.05, 3.63) is 149 Å². The number of benzene rings is 4. The Balaban J connectivity index is 0.000000204. The van der Waals surface area contributed by atoms with Gasteiger partial charge in [0.2, 0.25) is 0 Å². The van der Waals surface area contributed by atoms with Crippen LogP contribution in [0.2, 0.25) is 19.6 Å². The summed E-state index contributed by atoms with van der Waals surface area (Å²) >= 11 is 0. The zero-order valence-corrected chi connectivity index (χ0v) is 33.1. The molecule has 4 nitrogen and oxygen atoms in total. The van der Waals surface area contributed by atoms with E-state index in [1.165, 1.54) is 33.0 Å². The van der Waals surface area contributed by atoms with E-state index in [2.05, 4.69) is 125 Å². The fraction of sp³-hybridized carbons (Fsp3) is 0.205. The third-order valence-electron chi connectivity index (χ3n) is 8.79. The van der Waals surface area contributed by atoms with Crippen LogP contribution in [0.25, 0.3) is 44.5 Å². The molecule has 0 aliphatic rings. The Morgan fingerprint density at radius 1 is 0.780 bits per heavy atom. The molecule has 0 bridgehead atoms. The van der Waals surface area contributed by atoms with Crippen LogP contribution in [0.3, 0.4) is 0 Å².